The first-order valence-corrected chi connectivity index (χ1v) is 12.5. The third-order valence-corrected chi connectivity index (χ3v) is 7.63. The molecule has 198 valence electrons. The molecule has 1 aromatic carbocycles. The van der Waals surface area contributed by atoms with Gasteiger partial charge in [0.2, 0.25) is 5.91 Å². The number of aliphatic hydroxyl groups is 1. The number of nitrogens with one attached hydrogen (secondary N) is 2. The Morgan fingerprint density at radius 3 is 2.62 bits per heavy atom. The van der Waals surface area contributed by atoms with Gasteiger partial charge >= 0.3 is 6.18 Å². The molecule has 37 heavy (non-hydrogen) atoms. The third-order valence-electron chi connectivity index (χ3n) is 7.63. The predicted octanol–water partition coefficient (Wildman–Crippen LogP) is 3.35. The molecule has 1 amide bonds. The number of nitrogens with zero attached hydrogens (tertiary/aromatic N) is 4. The number of hydrogen-bond donors (Lipinski definition) is 3. The van der Waals surface area contributed by atoms with E-state index < -0.39 is 17.3 Å². The average Bonchev–Trinajstić information content (AvgIpc) is 3.25. The molecule has 3 heterocycles. The van der Waals surface area contributed by atoms with Gasteiger partial charge in [0.05, 0.1) is 29.3 Å². The fourth-order valence-electron chi connectivity index (χ4n) is 5.41. The Balaban J connectivity index is 1.10. The van der Waals surface area contributed by atoms with E-state index in [1.807, 2.05) is 19.1 Å². The van der Waals surface area contributed by atoms with Crippen LogP contribution in [-0.4, -0.2) is 69.9 Å². The highest BCUT2D eigenvalue weighted by Crippen LogP contribution is 2.39. The SMILES string of the molecule is Cc1ccc(C2(O)CCC(N3CC(NC(=O)CN(C)c4n[nH]c5ccc(C(F)(F)F)cc45)C3)CC2)cn1. The maximum absolute atomic E-state index is 13.1. The number of H-pyrrole nitrogens is 1. The minimum atomic E-state index is -4.45. The van der Waals surface area contributed by atoms with Crippen LogP contribution in [0.3, 0.4) is 0 Å². The van der Waals surface area contributed by atoms with Crippen LogP contribution in [0.5, 0.6) is 0 Å². The number of carbonyl (C=O) groups is 1. The Hall–Kier alpha value is -3.18. The number of aryl methyl sites for hydroxylation is 1. The second-order valence-corrected chi connectivity index (χ2v) is 10.3. The Labute approximate surface area is 212 Å². The summed E-state index contributed by atoms with van der Waals surface area (Å²) in [7, 11) is 1.63. The van der Waals surface area contributed by atoms with E-state index in [0.717, 1.165) is 49.3 Å². The molecule has 1 aliphatic carbocycles. The lowest BCUT2D eigenvalue weighted by Gasteiger charge is -2.48. The Morgan fingerprint density at radius 1 is 1.24 bits per heavy atom. The van der Waals surface area contributed by atoms with Crippen LogP contribution in [0.1, 0.15) is 42.5 Å². The number of hydrogen-bond acceptors (Lipinski definition) is 6. The third kappa shape index (κ3) is 5.28. The van der Waals surface area contributed by atoms with E-state index in [9.17, 15) is 23.1 Å². The first kappa shape index (κ1) is 25.5. The van der Waals surface area contributed by atoms with Gasteiger partial charge in [-0.3, -0.25) is 19.8 Å². The zero-order valence-corrected chi connectivity index (χ0v) is 20.8. The normalized spacial score (nSPS) is 23.1. The fourth-order valence-corrected chi connectivity index (χ4v) is 5.41. The zero-order chi connectivity index (χ0) is 26.4. The van der Waals surface area contributed by atoms with E-state index in [2.05, 4.69) is 25.4 Å². The number of amides is 1. The van der Waals surface area contributed by atoms with Crippen LogP contribution in [0.2, 0.25) is 0 Å². The summed E-state index contributed by atoms with van der Waals surface area (Å²) in [5.41, 5.74) is 0.676. The molecule has 2 aliphatic rings. The van der Waals surface area contributed by atoms with Crippen molar-refractivity contribution in [1.29, 1.82) is 0 Å². The molecule has 2 aromatic heterocycles. The second kappa shape index (κ2) is 9.60. The predicted molar refractivity (Wildman–Crippen MR) is 133 cm³/mol. The van der Waals surface area contributed by atoms with Crippen LogP contribution in [-0.2, 0) is 16.6 Å². The monoisotopic (exact) mass is 516 g/mol. The number of fused-ring (bicyclic) bond motifs is 1. The molecule has 8 nitrogen and oxygen atoms in total. The van der Waals surface area contributed by atoms with Crippen LogP contribution >= 0.6 is 0 Å². The minimum Gasteiger partial charge on any atom is -0.385 e. The van der Waals surface area contributed by atoms with Crippen LogP contribution in [0.25, 0.3) is 10.9 Å². The number of pyridine rings is 1. The minimum absolute atomic E-state index is 0.0201. The van der Waals surface area contributed by atoms with Gasteiger partial charge in [-0.2, -0.15) is 18.3 Å². The number of alkyl halides is 3. The van der Waals surface area contributed by atoms with Crippen molar-refractivity contribution in [3.8, 4) is 0 Å². The van der Waals surface area contributed by atoms with Gasteiger partial charge in [-0.15, -0.1) is 0 Å². The summed E-state index contributed by atoms with van der Waals surface area (Å²) in [6, 6.07) is 7.67. The van der Waals surface area contributed by atoms with Crippen LogP contribution in [0.15, 0.2) is 36.5 Å². The summed E-state index contributed by atoms with van der Waals surface area (Å²) in [5.74, 6) is 0.0881. The van der Waals surface area contributed by atoms with Gasteiger partial charge < -0.3 is 15.3 Å². The number of aromatic nitrogens is 3. The number of halogens is 3. The lowest BCUT2D eigenvalue weighted by atomic mass is 9.77. The number of anilines is 1. The van der Waals surface area contributed by atoms with Gasteiger partial charge in [-0.25, -0.2) is 0 Å². The number of likely N-dealkylation sites (tertiary alicyclic amines) is 1. The molecule has 1 aliphatic heterocycles. The van der Waals surface area contributed by atoms with E-state index in [1.54, 1.807) is 18.1 Å². The van der Waals surface area contributed by atoms with Crippen molar-refractivity contribution in [3.05, 3.63) is 53.3 Å². The van der Waals surface area contributed by atoms with Crippen molar-refractivity contribution in [2.75, 3.05) is 31.6 Å². The number of aromatic amines is 1. The van der Waals surface area contributed by atoms with Crippen molar-refractivity contribution in [2.24, 2.45) is 0 Å². The first-order valence-electron chi connectivity index (χ1n) is 12.5. The molecule has 2 fully saturated rings. The Morgan fingerprint density at radius 2 is 1.97 bits per heavy atom. The molecule has 1 saturated heterocycles. The summed E-state index contributed by atoms with van der Waals surface area (Å²) < 4.78 is 39.4. The van der Waals surface area contributed by atoms with E-state index in [4.69, 9.17) is 0 Å². The van der Waals surface area contributed by atoms with Crippen LogP contribution in [0, 0.1) is 6.92 Å². The topological polar surface area (TPSA) is 97.4 Å². The Kier molecular flexibility index (Phi) is 6.61. The molecular weight excluding hydrogens is 485 g/mol. The highest BCUT2D eigenvalue weighted by Gasteiger charge is 2.40. The van der Waals surface area contributed by atoms with Gasteiger partial charge in [0.25, 0.3) is 0 Å². The molecule has 0 radical (unpaired) electrons. The number of rotatable bonds is 6. The summed E-state index contributed by atoms with van der Waals surface area (Å²) >= 11 is 0. The molecule has 3 aromatic rings. The molecule has 0 spiro atoms. The second-order valence-electron chi connectivity index (χ2n) is 10.3. The lowest BCUT2D eigenvalue weighted by Crippen LogP contribution is -2.63. The van der Waals surface area contributed by atoms with E-state index in [0.29, 0.717) is 35.6 Å². The highest BCUT2D eigenvalue weighted by atomic mass is 19.4. The first-order chi connectivity index (χ1) is 17.5. The molecule has 0 atom stereocenters. The van der Waals surface area contributed by atoms with E-state index >= 15 is 0 Å². The zero-order valence-electron chi connectivity index (χ0n) is 20.8. The Bertz CT molecular complexity index is 1260. The van der Waals surface area contributed by atoms with Crippen molar-refractivity contribution in [1.82, 2.24) is 25.4 Å². The van der Waals surface area contributed by atoms with Crippen molar-refractivity contribution < 1.29 is 23.1 Å². The van der Waals surface area contributed by atoms with Crippen LogP contribution < -0.4 is 10.2 Å². The summed E-state index contributed by atoms with van der Waals surface area (Å²) in [5, 5.41) is 21.3. The van der Waals surface area contributed by atoms with E-state index in [-0.39, 0.29) is 18.5 Å². The van der Waals surface area contributed by atoms with Gasteiger partial charge in [-0.1, -0.05) is 6.07 Å². The summed E-state index contributed by atoms with van der Waals surface area (Å²) in [4.78, 5) is 20.8. The van der Waals surface area contributed by atoms with Gasteiger partial charge in [0.15, 0.2) is 5.82 Å². The maximum atomic E-state index is 13.1. The highest BCUT2D eigenvalue weighted by molar-refractivity contribution is 5.92. The smallest absolute Gasteiger partial charge is 0.385 e. The van der Waals surface area contributed by atoms with E-state index in [1.165, 1.54) is 6.07 Å². The number of likely N-dealkylation sites (N-methyl/N-ethyl adjacent to an activating group) is 1. The van der Waals surface area contributed by atoms with Crippen molar-refractivity contribution in [2.45, 2.75) is 56.5 Å². The van der Waals surface area contributed by atoms with Crippen LogP contribution in [0.4, 0.5) is 19.0 Å². The van der Waals surface area contributed by atoms with Gasteiger partial charge in [0.1, 0.15) is 0 Å². The number of carbonyl (C=O) groups excluding carboxylic acids is 1. The summed E-state index contributed by atoms with van der Waals surface area (Å²) in [6.07, 6.45) is 0.412. The molecule has 0 unspecified atom stereocenters. The molecule has 3 N–H and O–H groups in total. The standard InChI is InChI=1S/C26H31F3N6O2/c1-16-3-4-18(12-30-16)25(37)9-7-20(8-10-25)35-13-19(14-35)31-23(36)15-34(2)24-21-11-17(26(27,28)29)5-6-22(21)32-33-24/h3-6,11-12,19-20,37H,7-10,13-15H2,1-2H3,(H,31,36)(H,32,33). The molecule has 11 heteroatoms. The lowest BCUT2D eigenvalue weighted by molar-refractivity contribution is -0.137. The molecular formula is C26H31F3N6O2. The molecule has 1 saturated carbocycles. The fraction of sp³-hybridized carbons (Fsp3) is 0.500. The average molecular weight is 517 g/mol. The molecule has 0 bridgehead atoms. The molecule has 5 rings (SSSR count). The largest absolute Gasteiger partial charge is 0.416 e. The quantitative estimate of drug-likeness (QED) is 0.465. The van der Waals surface area contributed by atoms with Gasteiger partial charge in [-0.05, 0) is 56.9 Å². The number of benzene rings is 1. The van der Waals surface area contributed by atoms with Crippen molar-refractivity contribution >= 4 is 22.6 Å². The summed E-state index contributed by atoms with van der Waals surface area (Å²) in [6.45, 7) is 3.39. The van der Waals surface area contributed by atoms with Crippen molar-refractivity contribution in [3.63, 3.8) is 0 Å². The van der Waals surface area contributed by atoms with Gasteiger partial charge in [0, 0.05) is 49.0 Å². The maximum Gasteiger partial charge on any atom is 0.416 e.